The van der Waals surface area contributed by atoms with E-state index >= 15 is 0 Å². The summed E-state index contributed by atoms with van der Waals surface area (Å²) in [6.07, 6.45) is 77.1. The highest BCUT2D eigenvalue weighted by Crippen LogP contribution is 2.49. The van der Waals surface area contributed by atoms with Gasteiger partial charge in [0.1, 0.15) is 46.0 Å². The van der Waals surface area contributed by atoms with Crippen molar-refractivity contribution in [3.63, 3.8) is 0 Å². The molecule has 4 aliphatic rings. The van der Waals surface area contributed by atoms with Crippen LogP contribution in [-0.4, -0.2) is 52.9 Å². The smallest absolute Gasteiger partial charge is 0.127 e. The summed E-state index contributed by atoms with van der Waals surface area (Å²) in [5.74, 6) is 14.3. The largest absolute Gasteiger partial charge is 0.494 e. The fourth-order valence-corrected chi connectivity index (χ4v) is 22.6. The van der Waals surface area contributed by atoms with Crippen molar-refractivity contribution in [2.45, 2.75) is 437 Å². The van der Waals surface area contributed by atoms with E-state index in [0.29, 0.717) is 38.3 Å². The number of rotatable bonds is 69. The molecule has 0 unspecified atom stereocenters. The van der Waals surface area contributed by atoms with E-state index in [9.17, 15) is 0 Å². The van der Waals surface area contributed by atoms with Crippen LogP contribution < -0.4 is 37.9 Å². The predicted octanol–water partition coefficient (Wildman–Crippen LogP) is 37.8. The molecule has 0 spiro atoms. The molecule has 8 nitrogen and oxygen atoms in total. The molecule has 726 valence electrons. The summed E-state index contributed by atoms with van der Waals surface area (Å²) in [5, 5.41) is 4.55. The Morgan fingerprint density at radius 3 is 0.598 bits per heavy atom. The second-order valence-electron chi connectivity index (χ2n) is 41.5. The Kier molecular flexibility index (Phi) is 49.0. The first-order valence-electron chi connectivity index (χ1n) is 55.9. The Bertz CT molecular complexity index is 4010. The summed E-state index contributed by atoms with van der Waals surface area (Å²) < 4.78 is 52.5. The number of hydrogen-bond donors (Lipinski definition) is 0. The Balaban J connectivity index is 0.620. The second-order valence-corrected chi connectivity index (χ2v) is 41.5. The van der Waals surface area contributed by atoms with E-state index in [-0.39, 0.29) is 0 Å². The van der Waals surface area contributed by atoms with Crippen LogP contribution in [0.4, 0.5) is 0 Å². The van der Waals surface area contributed by atoms with Crippen molar-refractivity contribution in [1.29, 1.82) is 0 Å². The maximum absolute atomic E-state index is 7.10. The van der Waals surface area contributed by atoms with Gasteiger partial charge in [-0.3, -0.25) is 0 Å². The van der Waals surface area contributed by atoms with Gasteiger partial charge in [0.15, 0.2) is 0 Å². The van der Waals surface area contributed by atoms with Gasteiger partial charge in [0.05, 0.1) is 52.9 Å². The fraction of sp³-hybridized carbons (Fsp3) is 0.645. The summed E-state index contributed by atoms with van der Waals surface area (Å²) >= 11 is 0. The van der Waals surface area contributed by atoms with Gasteiger partial charge in [0, 0.05) is 11.1 Å². The molecule has 0 heterocycles. The molecule has 12 rings (SSSR count). The van der Waals surface area contributed by atoms with Crippen molar-refractivity contribution in [2.24, 2.45) is 23.7 Å². The van der Waals surface area contributed by atoms with Crippen molar-refractivity contribution in [2.75, 3.05) is 52.9 Å². The quantitative estimate of drug-likeness (QED) is 0.0349. The van der Waals surface area contributed by atoms with Crippen LogP contribution in [0.3, 0.4) is 0 Å². The van der Waals surface area contributed by atoms with Crippen LogP contribution in [0.15, 0.2) is 158 Å². The lowest BCUT2D eigenvalue weighted by Gasteiger charge is -2.29. The van der Waals surface area contributed by atoms with Crippen LogP contribution in [0.25, 0.3) is 32.7 Å². The molecule has 0 N–H and O–H groups in total. The van der Waals surface area contributed by atoms with Crippen molar-refractivity contribution < 1.29 is 37.9 Å². The van der Waals surface area contributed by atoms with E-state index in [1.54, 1.807) is 0 Å². The molecule has 4 fully saturated rings. The van der Waals surface area contributed by atoms with Crippen molar-refractivity contribution in [1.82, 2.24) is 0 Å². The zero-order valence-electron chi connectivity index (χ0n) is 84.0. The zero-order valence-corrected chi connectivity index (χ0v) is 84.0. The van der Waals surface area contributed by atoms with Crippen molar-refractivity contribution in [3.8, 4) is 57.1 Å². The highest BCUT2D eigenvalue weighted by Gasteiger charge is 2.28. The molecule has 0 saturated heterocycles. The average molecular weight is 1800 g/mol. The molecule has 132 heavy (non-hydrogen) atoms. The molecule has 4 aliphatic carbocycles. The predicted molar refractivity (Wildman–Crippen MR) is 561 cm³/mol. The Hall–Kier alpha value is -7.32. The molecule has 8 heteroatoms. The fourth-order valence-electron chi connectivity index (χ4n) is 22.6. The highest BCUT2D eigenvalue weighted by atomic mass is 16.5. The van der Waals surface area contributed by atoms with E-state index < -0.39 is 0 Å². The molecule has 0 atom stereocenters. The van der Waals surface area contributed by atoms with Gasteiger partial charge in [0.25, 0.3) is 0 Å². The molecule has 0 aromatic heterocycles. The molecular formula is C124H182O8. The molecule has 0 aliphatic heterocycles. The lowest BCUT2D eigenvalue weighted by Crippen LogP contribution is -2.13. The Morgan fingerprint density at radius 1 is 0.182 bits per heavy atom. The monoisotopic (exact) mass is 1800 g/mol. The first-order valence-corrected chi connectivity index (χ1v) is 55.9. The highest BCUT2D eigenvalue weighted by molar-refractivity contribution is 6.10. The van der Waals surface area contributed by atoms with Gasteiger partial charge in [-0.2, -0.15) is 0 Å². The van der Waals surface area contributed by atoms with E-state index in [4.69, 9.17) is 37.9 Å². The van der Waals surface area contributed by atoms with Gasteiger partial charge >= 0.3 is 0 Å². The summed E-state index contributed by atoms with van der Waals surface area (Å²) in [5.41, 5.74) is 8.21. The third-order valence-corrected chi connectivity index (χ3v) is 31.1. The van der Waals surface area contributed by atoms with E-state index in [0.717, 1.165) is 230 Å². The van der Waals surface area contributed by atoms with E-state index in [1.807, 2.05) is 0 Å². The maximum Gasteiger partial charge on any atom is 0.127 e. The van der Waals surface area contributed by atoms with Crippen LogP contribution in [0.2, 0.25) is 0 Å². The lowest BCUT2D eigenvalue weighted by molar-refractivity contribution is 0.287. The van der Waals surface area contributed by atoms with Crippen LogP contribution in [0, 0.1) is 23.7 Å². The number of hydrogen-bond acceptors (Lipinski definition) is 8. The number of unbranched alkanes of at least 4 members (excludes halogenated alkanes) is 32. The Morgan fingerprint density at radius 2 is 0.379 bits per heavy atom. The first-order chi connectivity index (χ1) is 65.4. The maximum atomic E-state index is 7.10. The summed E-state index contributed by atoms with van der Waals surface area (Å²) in [6, 6.07) is 58.9. The van der Waals surface area contributed by atoms with Crippen LogP contribution >= 0.6 is 0 Å². The van der Waals surface area contributed by atoms with Crippen molar-refractivity contribution >= 4 is 21.5 Å². The topological polar surface area (TPSA) is 73.8 Å². The normalized spacial score (nSPS) is 18.8. The molecule has 4 saturated carbocycles. The summed E-state index contributed by atoms with van der Waals surface area (Å²) in [6.45, 7) is 15.1. The van der Waals surface area contributed by atoms with Gasteiger partial charge in [-0.25, -0.2) is 0 Å². The molecular weight excluding hydrogens is 1620 g/mol. The van der Waals surface area contributed by atoms with Crippen LogP contribution in [-0.2, 0) is 0 Å². The minimum absolute atomic E-state index is 0.662. The van der Waals surface area contributed by atoms with Gasteiger partial charge in [-0.05, 0) is 368 Å². The van der Waals surface area contributed by atoms with E-state index in [2.05, 4.69) is 185 Å². The Labute approximate surface area is 804 Å². The zero-order chi connectivity index (χ0) is 91.1. The van der Waals surface area contributed by atoms with Gasteiger partial charge < -0.3 is 37.9 Å². The number of fused-ring (bicyclic) bond motifs is 2. The third kappa shape index (κ3) is 37.3. The second kappa shape index (κ2) is 62.4. The lowest BCUT2D eigenvalue weighted by atomic mass is 9.77. The average Bonchev–Trinajstić information content (AvgIpc) is 0.746. The van der Waals surface area contributed by atoms with E-state index in [1.165, 1.54) is 318 Å². The van der Waals surface area contributed by atoms with Gasteiger partial charge in [-0.15, -0.1) is 0 Å². The van der Waals surface area contributed by atoms with Crippen LogP contribution in [0.5, 0.6) is 46.0 Å². The standard InChI is InChI=1S/C124H182O8/c1-5-9-33-45-99-49-57-103(58-50-99)107-65-75-113(76-66-107)125-89-37-25-21-17-13-15-19-23-27-43-95-131-121-87-73-111-97-117(129-93-41-31-29-39-91-127-115-79-69-109(70-80-115)105-61-53-101(54-62-105)47-35-11-7-3)83-85-119(111)123(121)124-120-86-84-118(130-94-42-32-30-40-92-128-116-81-71-110(72-82-116)106-63-55-102(56-64-106)48-36-12-8-4)98-112(120)74-88-122(124)132-96-44-28-24-20-16-14-18-22-26-38-90-126-114-77-67-108(68-78-114)104-59-51-100(52-60-104)46-34-10-6-2/h65-88,97-106H,5-64,89-96H2,1-4H3. The molecule has 0 bridgehead atoms. The van der Waals surface area contributed by atoms with Gasteiger partial charge in [0.2, 0.25) is 0 Å². The molecule has 0 radical (unpaired) electrons. The molecule has 0 amide bonds. The number of ether oxygens (including phenoxy) is 8. The molecule has 8 aromatic carbocycles. The first kappa shape index (κ1) is 104. The summed E-state index contributed by atoms with van der Waals surface area (Å²) in [4.78, 5) is 0. The SMILES string of the molecule is CCCCCC1CCC(c2ccc(OCCCCCCCCCCCCOc3ccc4cc(OCCCCCCOc5ccc(C6CCC(CCCCC)CC6)cc5)ccc4c3-c3c(OCCCCCCCCCCCCOc4ccc(C5CCC(CCCCC)CC5)cc4)ccc4cc(OCCCCCCOc5ccc(C6CCC(CCCCC)CC6)cc5)ccc34)cc2)CC1. The molecule has 8 aromatic rings. The van der Waals surface area contributed by atoms with Crippen molar-refractivity contribution in [3.05, 3.63) is 180 Å². The number of benzene rings is 8. The minimum Gasteiger partial charge on any atom is -0.494 e. The van der Waals surface area contributed by atoms with Gasteiger partial charge in [-0.1, -0.05) is 294 Å². The minimum atomic E-state index is 0.662. The van der Waals surface area contributed by atoms with Crippen LogP contribution in [0.1, 0.15) is 459 Å². The third-order valence-electron chi connectivity index (χ3n) is 31.1. The summed E-state index contributed by atoms with van der Waals surface area (Å²) in [7, 11) is 0.